The number of likely N-dealkylation sites (N-methyl/N-ethyl adjacent to an activating group) is 1. The van der Waals surface area contributed by atoms with E-state index in [-0.39, 0.29) is 17.8 Å². The second-order valence-electron chi connectivity index (χ2n) is 12.5. The van der Waals surface area contributed by atoms with E-state index in [2.05, 4.69) is 70.1 Å². The van der Waals surface area contributed by atoms with Gasteiger partial charge in [0.25, 0.3) is 0 Å². The van der Waals surface area contributed by atoms with E-state index in [0.717, 1.165) is 93.0 Å². The Balaban J connectivity index is 1.58. The van der Waals surface area contributed by atoms with Crippen LogP contribution in [0.1, 0.15) is 67.2 Å². The maximum absolute atomic E-state index is 12.3. The van der Waals surface area contributed by atoms with Crippen molar-refractivity contribution in [3.63, 3.8) is 0 Å². The third kappa shape index (κ3) is 4.89. The van der Waals surface area contributed by atoms with E-state index in [9.17, 15) is 9.90 Å². The van der Waals surface area contributed by atoms with Crippen molar-refractivity contribution in [3.8, 4) is 0 Å². The minimum Gasteiger partial charge on any atom is -0.511 e. The minimum atomic E-state index is -0.222. The van der Waals surface area contributed by atoms with Crippen LogP contribution in [0, 0.1) is 11.8 Å². The molecule has 2 N–H and O–H groups in total. The van der Waals surface area contributed by atoms with Gasteiger partial charge in [-0.2, -0.15) is 0 Å². The summed E-state index contributed by atoms with van der Waals surface area (Å²) in [6, 6.07) is 0. The largest absolute Gasteiger partial charge is 0.511 e. The summed E-state index contributed by atoms with van der Waals surface area (Å²) in [5.74, 6) is 0.255. The molecule has 44 heavy (non-hydrogen) atoms. The highest BCUT2D eigenvalue weighted by atomic mass is 16.5. The lowest BCUT2D eigenvalue weighted by atomic mass is 9.86. The van der Waals surface area contributed by atoms with Gasteiger partial charge in [-0.1, -0.05) is 20.8 Å². The third-order valence-corrected chi connectivity index (χ3v) is 10.0. The van der Waals surface area contributed by atoms with E-state index >= 15 is 0 Å². The molecule has 1 saturated heterocycles. The highest BCUT2D eigenvalue weighted by molar-refractivity contribution is 6.21. The first-order chi connectivity index (χ1) is 21.1. The summed E-state index contributed by atoms with van der Waals surface area (Å²) in [7, 11) is 3.57. The number of nitrogens with zero attached hydrogens (tertiary/aromatic N) is 4. The summed E-state index contributed by atoms with van der Waals surface area (Å²) < 4.78 is 5.00. The Morgan fingerprint density at radius 2 is 1.70 bits per heavy atom. The summed E-state index contributed by atoms with van der Waals surface area (Å²) in [5.41, 5.74) is 15.0. The predicted octanol–water partition coefficient (Wildman–Crippen LogP) is 6.56. The van der Waals surface area contributed by atoms with Crippen LogP contribution < -0.4 is 5.32 Å². The fourth-order valence-corrected chi connectivity index (χ4v) is 7.11. The fraction of sp³-hybridized carbons (Fsp3) is 0.444. The number of aliphatic hydroxyl groups is 1. The zero-order valence-electron chi connectivity index (χ0n) is 27.2. The van der Waals surface area contributed by atoms with Gasteiger partial charge in [-0.25, -0.2) is 15.0 Å². The molecule has 0 aromatic carbocycles. The van der Waals surface area contributed by atoms with Gasteiger partial charge in [-0.05, 0) is 93.3 Å². The standard InChI is InChI=1S/C36H43N5O3/c1-9-22-18(3)27-15-31-25(17-41(7)10-2)20(5)26(38-31)14-28-19(4)23(11-12-33(43)44-8)35(39-28)24-13-32(42)34-21(6)29(40-36(24)34)16-30(22)37-27/h14-16,19,23,39,42H,9-13,17H2,1-8H3/t19-,23-/m0/s1. The molecule has 8 nitrogen and oxygen atoms in total. The molecule has 2 atom stereocenters. The lowest BCUT2D eigenvalue weighted by Gasteiger charge is -2.17. The van der Waals surface area contributed by atoms with Crippen LogP contribution in [-0.4, -0.2) is 60.4 Å². The van der Waals surface area contributed by atoms with Crippen molar-refractivity contribution in [2.24, 2.45) is 26.8 Å². The van der Waals surface area contributed by atoms with Crippen molar-refractivity contribution in [1.82, 2.24) is 10.2 Å². The molecule has 0 aromatic rings. The molecule has 0 spiro atoms. The first kappa shape index (κ1) is 30.0. The van der Waals surface area contributed by atoms with Crippen molar-refractivity contribution in [1.29, 1.82) is 0 Å². The highest BCUT2D eigenvalue weighted by Crippen LogP contribution is 2.46. The lowest BCUT2D eigenvalue weighted by molar-refractivity contribution is -0.140. The number of hydrogen-bond acceptors (Lipinski definition) is 8. The predicted molar refractivity (Wildman–Crippen MR) is 176 cm³/mol. The number of nitrogens with one attached hydrogen (secondary N) is 1. The average molecular weight is 594 g/mol. The Bertz CT molecular complexity index is 1720. The quantitative estimate of drug-likeness (QED) is 0.326. The average Bonchev–Trinajstić information content (AvgIpc) is 3.75. The Morgan fingerprint density at radius 3 is 2.39 bits per heavy atom. The van der Waals surface area contributed by atoms with E-state index < -0.39 is 0 Å². The van der Waals surface area contributed by atoms with E-state index in [1.54, 1.807) is 0 Å². The molecule has 6 aliphatic rings. The first-order valence-electron chi connectivity index (χ1n) is 15.8. The molecule has 5 heterocycles. The number of methoxy groups -OCH3 is 1. The number of esters is 1. The van der Waals surface area contributed by atoms with E-state index in [4.69, 9.17) is 19.7 Å². The smallest absolute Gasteiger partial charge is 0.305 e. The van der Waals surface area contributed by atoms with Gasteiger partial charge in [-0.15, -0.1) is 0 Å². The van der Waals surface area contributed by atoms with Crippen LogP contribution >= 0.6 is 0 Å². The van der Waals surface area contributed by atoms with E-state index in [1.165, 1.54) is 18.3 Å². The maximum Gasteiger partial charge on any atom is 0.305 e. The van der Waals surface area contributed by atoms with Crippen LogP contribution in [0.25, 0.3) is 0 Å². The number of aliphatic hydroxyl groups excluding tert-OH is 1. The van der Waals surface area contributed by atoms with Crippen LogP contribution in [-0.2, 0) is 9.53 Å². The molecule has 0 saturated carbocycles. The van der Waals surface area contributed by atoms with Gasteiger partial charge < -0.3 is 20.1 Å². The van der Waals surface area contributed by atoms with Gasteiger partial charge in [0.15, 0.2) is 0 Å². The SMILES string of the molecule is CCC1=C(C)C2=NC1=CC1=C(C)C3=C(O)CC(=C4NC(=CC5=NC(=C2)C(CN(C)CC)=C5C)[C@@H](C)[C@@H]4CCC(=O)OC)C3=N1. The number of aliphatic imine (C=N–C) groups is 3. The number of hydrogen-bond donors (Lipinski definition) is 2. The molecule has 0 radical (unpaired) electrons. The molecule has 1 aliphatic carbocycles. The molecule has 8 bridgehead atoms. The Kier molecular flexibility index (Phi) is 7.82. The summed E-state index contributed by atoms with van der Waals surface area (Å²) in [4.78, 5) is 30.0. The van der Waals surface area contributed by atoms with Gasteiger partial charge in [0, 0.05) is 53.8 Å². The van der Waals surface area contributed by atoms with Gasteiger partial charge in [0.2, 0.25) is 0 Å². The first-order valence-corrected chi connectivity index (χ1v) is 15.8. The molecule has 230 valence electrons. The normalized spacial score (nSPS) is 24.3. The summed E-state index contributed by atoms with van der Waals surface area (Å²) >= 11 is 0. The van der Waals surface area contributed by atoms with Gasteiger partial charge in [-0.3, -0.25) is 4.79 Å². The van der Waals surface area contributed by atoms with Crippen molar-refractivity contribution < 1.29 is 14.6 Å². The van der Waals surface area contributed by atoms with Gasteiger partial charge in [0.1, 0.15) is 5.76 Å². The molecule has 8 heteroatoms. The minimum absolute atomic E-state index is 0.0365. The number of carbonyl (C=O) groups is 1. The van der Waals surface area contributed by atoms with Crippen molar-refractivity contribution in [3.05, 3.63) is 91.5 Å². The molecule has 0 unspecified atom stereocenters. The zero-order valence-corrected chi connectivity index (χ0v) is 27.2. The molecule has 5 aliphatic heterocycles. The Labute approximate surface area is 260 Å². The molecule has 0 amide bonds. The van der Waals surface area contributed by atoms with Crippen LogP contribution in [0.15, 0.2) is 106 Å². The Hall–Kier alpha value is -4.04. The molecule has 6 rings (SSSR count). The second-order valence-corrected chi connectivity index (χ2v) is 12.5. The lowest BCUT2D eigenvalue weighted by Crippen LogP contribution is -2.21. The summed E-state index contributed by atoms with van der Waals surface area (Å²) in [6.45, 7) is 14.6. The molecule has 0 aromatic heterocycles. The number of carbonyl (C=O) groups excluding carboxylic acids is 1. The fourth-order valence-electron chi connectivity index (χ4n) is 7.11. The van der Waals surface area contributed by atoms with Crippen LogP contribution in [0.4, 0.5) is 0 Å². The molecule has 1 fully saturated rings. The van der Waals surface area contributed by atoms with E-state index in [0.29, 0.717) is 25.0 Å². The van der Waals surface area contributed by atoms with Crippen LogP contribution in [0.3, 0.4) is 0 Å². The van der Waals surface area contributed by atoms with Gasteiger partial charge in [0.05, 0.1) is 41.3 Å². The monoisotopic (exact) mass is 593 g/mol. The molecular weight excluding hydrogens is 550 g/mol. The third-order valence-electron chi connectivity index (χ3n) is 10.0. The van der Waals surface area contributed by atoms with Crippen molar-refractivity contribution >= 4 is 23.1 Å². The van der Waals surface area contributed by atoms with Crippen LogP contribution in [0.5, 0.6) is 0 Å². The number of fused-ring (bicyclic) bond motifs is 5. The zero-order chi connectivity index (χ0) is 31.4. The second kappa shape index (κ2) is 11.5. The van der Waals surface area contributed by atoms with Crippen molar-refractivity contribution in [2.75, 3.05) is 27.2 Å². The topological polar surface area (TPSA) is 98.9 Å². The highest BCUT2D eigenvalue weighted by Gasteiger charge is 2.41. The van der Waals surface area contributed by atoms with Crippen LogP contribution in [0.2, 0.25) is 0 Å². The summed E-state index contributed by atoms with van der Waals surface area (Å²) in [6.07, 6.45) is 8.60. The maximum atomic E-state index is 12.3. The van der Waals surface area contributed by atoms with Gasteiger partial charge >= 0.3 is 5.97 Å². The number of allylic oxidation sites excluding steroid dienone is 11. The Morgan fingerprint density at radius 1 is 1.02 bits per heavy atom. The summed E-state index contributed by atoms with van der Waals surface area (Å²) in [5, 5.41) is 15.0. The molecular formula is C36H43N5O3. The number of ether oxygens (including phenoxy) is 1. The van der Waals surface area contributed by atoms with Crippen molar-refractivity contribution in [2.45, 2.75) is 67.2 Å². The number of rotatable bonds is 7. The van der Waals surface area contributed by atoms with E-state index in [1.807, 2.05) is 6.92 Å².